The Morgan fingerprint density at radius 2 is 1.84 bits per heavy atom. The molecule has 0 spiro atoms. The average molecular weight is 293 g/mol. The molecule has 1 fully saturated rings. The van der Waals surface area contributed by atoms with Crippen molar-refractivity contribution in [3.05, 3.63) is 0 Å². The summed E-state index contributed by atoms with van der Waals surface area (Å²) in [6, 6.07) is -0.0135. The summed E-state index contributed by atoms with van der Waals surface area (Å²) >= 11 is 0. The van der Waals surface area contributed by atoms with Crippen LogP contribution >= 0.6 is 0 Å². The number of carbonyl (C=O) groups is 1. The maximum atomic E-state index is 12.0. The normalized spacial score (nSPS) is 25.5. The van der Waals surface area contributed by atoms with Crippen molar-refractivity contribution in [2.75, 3.05) is 19.6 Å². The summed E-state index contributed by atoms with van der Waals surface area (Å²) in [5.74, 6) is -0.340. The molecule has 1 aliphatic heterocycles. The molecule has 0 aromatic carbocycles. The van der Waals surface area contributed by atoms with E-state index in [9.17, 15) is 13.2 Å². The maximum absolute atomic E-state index is 12.0. The molecule has 7 nitrogen and oxygen atoms in total. The lowest BCUT2D eigenvalue weighted by Gasteiger charge is -2.34. The van der Waals surface area contributed by atoms with Crippen LogP contribution in [0.15, 0.2) is 0 Å². The van der Waals surface area contributed by atoms with Crippen molar-refractivity contribution in [1.82, 2.24) is 14.3 Å². The Hall–Kier alpha value is -0.700. The van der Waals surface area contributed by atoms with E-state index in [1.54, 1.807) is 0 Å². The van der Waals surface area contributed by atoms with E-state index in [1.807, 2.05) is 27.7 Å². The zero-order chi connectivity index (χ0) is 14.6. The molecule has 1 aliphatic rings. The van der Waals surface area contributed by atoms with Crippen LogP contribution in [0.5, 0.6) is 0 Å². The second-order valence-corrected chi connectivity index (χ2v) is 6.88. The summed E-state index contributed by atoms with van der Waals surface area (Å²) in [6.45, 7) is 7.63. The highest BCUT2D eigenvalue weighted by Gasteiger charge is 2.31. The van der Waals surface area contributed by atoms with Gasteiger partial charge < -0.3 is 10.1 Å². The van der Waals surface area contributed by atoms with E-state index in [0.717, 1.165) is 0 Å². The molecule has 2 atom stereocenters. The topological polar surface area (TPSA) is 87.7 Å². The van der Waals surface area contributed by atoms with E-state index in [-0.39, 0.29) is 30.7 Å². The van der Waals surface area contributed by atoms with Crippen LogP contribution in [0.1, 0.15) is 27.7 Å². The van der Waals surface area contributed by atoms with Gasteiger partial charge in [0.15, 0.2) is 0 Å². The van der Waals surface area contributed by atoms with Crippen LogP contribution < -0.4 is 10.0 Å². The van der Waals surface area contributed by atoms with Gasteiger partial charge in [0.2, 0.25) is 5.91 Å². The summed E-state index contributed by atoms with van der Waals surface area (Å²) < 4.78 is 33.2. The van der Waals surface area contributed by atoms with E-state index in [1.165, 1.54) is 4.31 Å². The fourth-order valence-corrected chi connectivity index (χ4v) is 3.26. The summed E-state index contributed by atoms with van der Waals surface area (Å²) in [5.41, 5.74) is 0. The quantitative estimate of drug-likeness (QED) is 0.712. The van der Waals surface area contributed by atoms with Gasteiger partial charge in [-0.15, -0.1) is 0 Å². The number of ether oxygens (including phenoxy) is 1. The van der Waals surface area contributed by atoms with Gasteiger partial charge in [0.05, 0.1) is 18.8 Å². The Morgan fingerprint density at radius 1 is 1.32 bits per heavy atom. The molecule has 0 bridgehead atoms. The van der Waals surface area contributed by atoms with Crippen molar-refractivity contribution in [3.8, 4) is 0 Å². The van der Waals surface area contributed by atoms with Gasteiger partial charge >= 0.3 is 0 Å². The minimum atomic E-state index is -3.64. The molecule has 1 heterocycles. The van der Waals surface area contributed by atoms with E-state index in [0.29, 0.717) is 13.1 Å². The number of nitrogens with zero attached hydrogens (tertiary/aromatic N) is 1. The highest BCUT2D eigenvalue weighted by molar-refractivity contribution is 7.87. The molecule has 112 valence electrons. The maximum Gasteiger partial charge on any atom is 0.280 e. The molecular formula is C11H23N3O4S. The molecule has 1 saturated heterocycles. The zero-order valence-electron chi connectivity index (χ0n) is 11.8. The van der Waals surface area contributed by atoms with Gasteiger partial charge in [-0.2, -0.15) is 17.4 Å². The number of hydrogen-bond donors (Lipinski definition) is 2. The SMILES string of the molecule is CC(C)NC(=O)CNS(=O)(=O)N1CC(C)OC(C)C1. The van der Waals surface area contributed by atoms with Gasteiger partial charge in [-0.3, -0.25) is 4.79 Å². The average Bonchev–Trinajstić information content (AvgIpc) is 2.24. The summed E-state index contributed by atoms with van der Waals surface area (Å²) in [7, 11) is -3.64. The Balaban J connectivity index is 2.53. The molecule has 2 N–H and O–H groups in total. The van der Waals surface area contributed by atoms with E-state index in [4.69, 9.17) is 4.74 Å². The third-order valence-corrected chi connectivity index (χ3v) is 4.08. The minimum absolute atomic E-state index is 0.0135. The number of hydrogen-bond acceptors (Lipinski definition) is 4. The largest absolute Gasteiger partial charge is 0.373 e. The van der Waals surface area contributed by atoms with Crippen LogP contribution in [0.4, 0.5) is 0 Å². The van der Waals surface area contributed by atoms with E-state index < -0.39 is 10.2 Å². The number of morpholine rings is 1. The van der Waals surface area contributed by atoms with Crippen molar-refractivity contribution < 1.29 is 17.9 Å². The standard InChI is InChI=1S/C11H23N3O4S/c1-8(2)13-11(15)5-12-19(16,17)14-6-9(3)18-10(4)7-14/h8-10,12H,5-7H2,1-4H3,(H,13,15). The fraction of sp³-hybridized carbons (Fsp3) is 0.909. The Morgan fingerprint density at radius 3 is 2.32 bits per heavy atom. The monoisotopic (exact) mass is 293 g/mol. The van der Waals surface area contributed by atoms with E-state index >= 15 is 0 Å². The number of carbonyl (C=O) groups excluding carboxylic acids is 1. The first-order chi connectivity index (χ1) is 8.70. The van der Waals surface area contributed by atoms with Crippen LogP contribution in [-0.4, -0.2) is 56.5 Å². The molecule has 19 heavy (non-hydrogen) atoms. The molecule has 0 radical (unpaired) electrons. The fourth-order valence-electron chi connectivity index (χ4n) is 1.95. The van der Waals surface area contributed by atoms with Gasteiger partial charge in [0.25, 0.3) is 10.2 Å². The van der Waals surface area contributed by atoms with Gasteiger partial charge in [0, 0.05) is 19.1 Å². The van der Waals surface area contributed by atoms with Crippen molar-refractivity contribution in [1.29, 1.82) is 0 Å². The van der Waals surface area contributed by atoms with Crippen LogP contribution in [0, 0.1) is 0 Å². The minimum Gasteiger partial charge on any atom is -0.373 e. The number of amides is 1. The molecule has 0 aromatic heterocycles. The highest BCUT2D eigenvalue weighted by Crippen LogP contribution is 2.13. The summed E-state index contributed by atoms with van der Waals surface area (Å²) in [4.78, 5) is 11.4. The lowest BCUT2D eigenvalue weighted by molar-refractivity contribution is -0.120. The summed E-state index contributed by atoms with van der Waals surface area (Å²) in [6.07, 6.45) is -0.297. The van der Waals surface area contributed by atoms with Crippen molar-refractivity contribution in [2.24, 2.45) is 0 Å². The molecule has 0 saturated carbocycles. The lowest BCUT2D eigenvalue weighted by Crippen LogP contribution is -2.53. The lowest BCUT2D eigenvalue weighted by atomic mass is 10.3. The van der Waals surface area contributed by atoms with Crippen molar-refractivity contribution >= 4 is 16.1 Å². The first kappa shape index (κ1) is 16.4. The van der Waals surface area contributed by atoms with Gasteiger partial charge in [-0.1, -0.05) is 0 Å². The van der Waals surface area contributed by atoms with Crippen LogP contribution in [0.3, 0.4) is 0 Å². The number of rotatable bonds is 5. The van der Waals surface area contributed by atoms with Crippen molar-refractivity contribution in [2.45, 2.75) is 45.9 Å². The van der Waals surface area contributed by atoms with E-state index in [2.05, 4.69) is 10.0 Å². The third-order valence-electron chi connectivity index (χ3n) is 2.59. The molecule has 8 heteroatoms. The first-order valence-corrected chi connectivity index (χ1v) is 7.84. The molecule has 1 amide bonds. The van der Waals surface area contributed by atoms with Crippen molar-refractivity contribution in [3.63, 3.8) is 0 Å². The Kier molecular flexibility index (Phi) is 5.72. The first-order valence-electron chi connectivity index (χ1n) is 6.40. The second-order valence-electron chi connectivity index (χ2n) is 5.12. The molecule has 1 rings (SSSR count). The Labute approximate surface area is 114 Å². The van der Waals surface area contributed by atoms with Gasteiger partial charge in [-0.05, 0) is 27.7 Å². The smallest absolute Gasteiger partial charge is 0.280 e. The van der Waals surface area contributed by atoms with Crippen LogP contribution in [0.25, 0.3) is 0 Å². The molecule has 2 unspecified atom stereocenters. The molecular weight excluding hydrogens is 270 g/mol. The second kappa shape index (κ2) is 6.65. The molecule has 0 aromatic rings. The number of nitrogens with one attached hydrogen (secondary N) is 2. The van der Waals surface area contributed by atoms with Gasteiger partial charge in [-0.25, -0.2) is 0 Å². The third kappa shape index (κ3) is 5.43. The van der Waals surface area contributed by atoms with Crippen LogP contribution in [0.2, 0.25) is 0 Å². The highest BCUT2D eigenvalue weighted by atomic mass is 32.2. The Bertz CT molecular complexity index is 400. The zero-order valence-corrected chi connectivity index (χ0v) is 12.7. The predicted molar refractivity (Wildman–Crippen MR) is 71.8 cm³/mol. The predicted octanol–water partition coefficient (Wildman–Crippen LogP) is -0.545. The molecule has 0 aliphatic carbocycles. The van der Waals surface area contributed by atoms with Gasteiger partial charge in [0.1, 0.15) is 0 Å². The van der Waals surface area contributed by atoms with Crippen LogP contribution in [-0.2, 0) is 19.7 Å². The summed E-state index contributed by atoms with van der Waals surface area (Å²) in [5, 5.41) is 2.63.